The molecule has 1 radical (unpaired) electrons. The molecule has 8 bridgehead atoms. The maximum Gasteiger partial charge on any atom is 2.00 e. The third kappa shape index (κ3) is 14.4. The Hall–Kier alpha value is -6.66. The van der Waals surface area contributed by atoms with Crippen molar-refractivity contribution in [1.29, 1.82) is 0 Å². The van der Waals surface area contributed by atoms with Crippen LogP contribution in [0.1, 0.15) is 94.9 Å². The summed E-state index contributed by atoms with van der Waals surface area (Å²) in [6.45, 7) is 18.7. The second-order valence-electron chi connectivity index (χ2n) is 23.3. The minimum Gasteiger partial charge on any atom is -0.468 e. The van der Waals surface area contributed by atoms with Gasteiger partial charge in [-0.3, -0.25) is 9.59 Å². The van der Waals surface area contributed by atoms with Gasteiger partial charge in [0.15, 0.2) is 0 Å². The van der Waals surface area contributed by atoms with Gasteiger partial charge in [-0.25, -0.2) is 53.1 Å². The summed E-state index contributed by atoms with van der Waals surface area (Å²) in [5, 5.41) is 0.838. The van der Waals surface area contributed by atoms with Crippen LogP contribution in [0.4, 0.5) is 0 Å². The molecule has 87 heavy (non-hydrogen) atoms. The molecule has 467 valence electrons. The van der Waals surface area contributed by atoms with E-state index in [-0.39, 0.29) is 157 Å². The van der Waals surface area contributed by atoms with Gasteiger partial charge in [0.05, 0.1) is 57.1 Å². The second kappa shape index (κ2) is 25.8. The molecule has 4 N–H and O–H groups in total. The van der Waals surface area contributed by atoms with Crippen LogP contribution in [-0.2, 0) is 76.2 Å². The van der Waals surface area contributed by atoms with E-state index in [1.165, 1.54) is 72.8 Å². The number of sulfonamides is 4. The number of fused-ring (bicyclic) bond motifs is 20. The molecule has 5 heterocycles. The Morgan fingerprint density at radius 2 is 0.678 bits per heavy atom. The Kier molecular flexibility index (Phi) is 19.7. The molecule has 3 aromatic heterocycles. The van der Waals surface area contributed by atoms with Crippen LogP contribution in [0, 0.1) is 23.7 Å². The molecular formula is C58H68CuN12O12S4. The van der Waals surface area contributed by atoms with Gasteiger partial charge in [-0.1, -0.05) is 79.7 Å². The van der Waals surface area contributed by atoms with Crippen molar-refractivity contribution in [3.8, 4) is 45.6 Å². The number of benzene rings is 4. The van der Waals surface area contributed by atoms with Crippen molar-refractivity contribution < 1.29 is 69.8 Å². The van der Waals surface area contributed by atoms with E-state index >= 15 is 0 Å². The molecule has 0 aliphatic carbocycles. The number of carbonyl (C=O) groups is 2. The van der Waals surface area contributed by atoms with Gasteiger partial charge in [0.2, 0.25) is 40.1 Å². The Bertz CT molecular complexity index is 4500. The number of carbonyl (C=O) groups excluding carboxylic acids is 2. The maximum atomic E-state index is 14.3. The first-order chi connectivity index (χ1) is 40.4. The molecule has 4 unspecified atom stereocenters. The molecule has 2 aliphatic heterocycles. The zero-order chi connectivity index (χ0) is 62.5. The van der Waals surface area contributed by atoms with Crippen LogP contribution in [0.3, 0.4) is 0 Å². The number of aromatic nitrogens is 8. The van der Waals surface area contributed by atoms with Crippen molar-refractivity contribution in [3.63, 3.8) is 0 Å². The number of rotatable bonds is 22. The predicted molar refractivity (Wildman–Crippen MR) is 324 cm³/mol. The monoisotopic (exact) mass is 1320 g/mol. The number of esters is 2. The minimum absolute atomic E-state index is 0. The topological polar surface area (TPSA) is 343 Å². The Labute approximate surface area is 516 Å². The largest absolute Gasteiger partial charge is 2.00 e. The van der Waals surface area contributed by atoms with Gasteiger partial charge < -0.3 is 39.4 Å². The van der Waals surface area contributed by atoms with E-state index in [1.54, 1.807) is 13.8 Å². The molecule has 2 aliphatic rings. The summed E-state index contributed by atoms with van der Waals surface area (Å²) in [4.78, 5) is 64.1. The van der Waals surface area contributed by atoms with Crippen LogP contribution in [0.2, 0.25) is 0 Å². The van der Waals surface area contributed by atoms with E-state index in [0.29, 0.717) is 18.2 Å². The van der Waals surface area contributed by atoms with Crippen molar-refractivity contribution in [2.45, 2.75) is 139 Å². The van der Waals surface area contributed by atoms with Crippen molar-refractivity contribution in [2.75, 3.05) is 14.2 Å². The van der Waals surface area contributed by atoms with Crippen LogP contribution in [-0.4, -0.2) is 114 Å². The third-order valence-corrected chi connectivity index (χ3v) is 20.3. The Morgan fingerprint density at radius 1 is 0.391 bits per heavy atom. The Balaban J connectivity index is 0.00000982. The van der Waals surface area contributed by atoms with Crippen LogP contribution in [0.15, 0.2) is 92.4 Å². The first-order valence-electron chi connectivity index (χ1n) is 27.9. The zero-order valence-corrected chi connectivity index (χ0v) is 54.0. The average molecular weight is 1320 g/mol. The molecule has 4 atom stereocenters. The van der Waals surface area contributed by atoms with Crippen molar-refractivity contribution in [1.82, 2.24) is 58.8 Å². The Morgan fingerprint density at radius 3 is 1.00 bits per heavy atom. The van der Waals surface area contributed by atoms with E-state index < -0.39 is 76.2 Å². The van der Waals surface area contributed by atoms with E-state index in [9.17, 15) is 43.3 Å². The van der Waals surface area contributed by atoms with Gasteiger partial charge in [-0.05, 0) is 133 Å². The summed E-state index contributed by atoms with van der Waals surface area (Å²) >= 11 is 0. The quantitative estimate of drug-likeness (QED) is 0.0382. The smallest absolute Gasteiger partial charge is 0.468 e. The van der Waals surface area contributed by atoms with E-state index in [4.69, 9.17) is 49.3 Å². The fourth-order valence-electron chi connectivity index (χ4n) is 10.5. The number of nitrogens with zero attached hydrogens (tertiary/aromatic N) is 8. The number of nitrogens with one attached hydrogen (secondary N) is 4. The first kappa shape index (κ1) is 66.3. The van der Waals surface area contributed by atoms with Gasteiger partial charge in [0.25, 0.3) is 0 Å². The average Bonchev–Trinajstić information content (AvgIpc) is 1.67. The van der Waals surface area contributed by atoms with Crippen LogP contribution in [0.25, 0.3) is 89.7 Å². The number of hydrogen-bond acceptors (Lipinski definition) is 18. The van der Waals surface area contributed by atoms with E-state index in [0.717, 1.165) is 14.2 Å². The fraction of sp³-hybridized carbons (Fsp3) is 0.414. The third-order valence-electron chi connectivity index (χ3n) is 14.2. The predicted octanol–water partition coefficient (Wildman–Crippen LogP) is 7.28. The molecule has 0 saturated carbocycles. The van der Waals surface area contributed by atoms with Gasteiger partial charge >= 0.3 is 29.0 Å². The van der Waals surface area contributed by atoms with Crippen LogP contribution in [0.5, 0.6) is 0 Å². The number of methoxy groups -OCH3 is 2. The molecule has 24 nitrogen and oxygen atoms in total. The molecule has 9 rings (SSSR count). The van der Waals surface area contributed by atoms with Crippen molar-refractivity contribution in [3.05, 3.63) is 72.8 Å². The fourth-order valence-corrected chi connectivity index (χ4v) is 15.6. The number of ether oxygens (including phenoxy) is 2. The van der Waals surface area contributed by atoms with Gasteiger partial charge in [0.1, 0.15) is 12.1 Å². The molecule has 4 aromatic carbocycles. The summed E-state index contributed by atoms with van der Waals surface area (Å²) in [5.41, 5.74) is 0.528. The summed E-state index contributed by atoms with van der Waals surface area (Å²) in [6, 6.07) is 13.3. The minimum atomic E-state index is -4.49. The molecule has 0 fully saturated rings. The molecule has 0 amide bonds. The first-order valence-corrected chi connectivity index (χ1v) is 33.8. The molecule has 7 aromatic rings. The standard InChI is InChI=1S/C58H68N12O12S4.Cu/c1-29(2)21-33(9)67-83(73,74)35-13-17-39-43(25-35)54-60-49(39)59-53-44-26-36(84(75,76)68-34(10)22-30(3)4)14-18-40(44)50(61-53)63-55-46-28-38(86(79,80)70-48(24-32(7)8)58(72)82-12)16-20-42(46)52(65-55)66-56-45-27-37(15-19-41(45)51(62-54)64-56)85(77,78)69-47(23-31(5)6)57(71)81-11;/h13-20,25-34,47-48,67-70H,21-24H2,1-12H3;/q-2;+2. The summed E-state index contributed by atoms with van der Waals surface area (Å²) < 4.78 is 134. The molecule has 0 spiro atoms. The van der Waals surface area contributed by atoms with Gasteiger partial charge in [-0.15, -0.1) is 0 Å². The van der Waals surface area contributed by atoms with Crippen molar-refractivity contribution >= 4 is 96.2 Å². The van der Waals surface area contributed by atoms with E-state index in [2.05, 4.69) is 18.9 Å². The zero-order valence-electron chi connectivity index (χ0n) is 49.8. The molecular weight excluding hydrogens is 1250 g/mol. The number of hydrogen-bond donors (Lipinski definition) is 4. The van der Waals surface area contributed by atoms with E-state index in [1.807, 2.05) is 55.4 Å². The summed E-state index contributed by atoms with van der Waals surface area (Å²) in [5.74, 6) is -1.78. The molecule has 0 saturated heterocycles. The van der Waals surface area contributed by atoms with Crippen LogP contribution < -0.4 is 28.9 Å². The van der Waals surface area contributed by atoms with Gasteiger partial charge in [0, 0.05) is 56.9 Å². The maximum absolute atomic E-state index is 14.3. The SMILES string of the molecule is COC(=O)C(CC(C)C)NS(=O)(=O)c1ccc2c(c1)-c1nc-2nc2[n-]c(nc3nc(nc4[n-]c(n1)c1ccc(S(=O)(=O)NC(CC(C)C)C(=O)OC)cc41)-c1ccc(S(=O)(=O)NC(C)CC(C)C)cc1-3)c1ccc(S(=O)(=O)NC(C)CC(C)C)cc21.[Cu+2]. The summed E-state index contributed by atoms with van der Waals surface area (Å²) in [7, 11) is -15.0. The second-order valence-corrected chi connectivity index (χ2v) is 30.1. The van der Waals surface area contributed by atoms with Gasteiger partial charge in [-0.2, -0.15) is 9.44 Å². The van der Waals surface area contributed by atoms with Crippen molar-refractivity contribution in [2.24, 2.45) is 23.7 Å². The molecule has 29 heteroatoms. The summed E-state index contributed by atoms with van der Waals surface area (Å²) in [6.07, 6.45) is 1.33. The van der Waals surface area contributed by atoms with Crippen LogP contribution >= 0.6 is 0 Å². The normalized spacial score (nSPS) is 14.3.